The van der Waals surface area contributed by atoms with E-state index in [-0.39, 0.29) is 6.61 Å². The van der Waals surface area contributed by atoms with Gasteiger partial charge in [0.15, 0.2) is 0 Å². The number of rotatable bonds is 6. The Labute approximate surface area is 93.6 Å². The minimum absolute atomic E-state index is 0.257. The van der Waals surface area contributed by atoms with Crippen molar-refractivity contribution in [2.24, 2.45) is 5.73 Å². The van der Waals surface area contributed by atoms with Crippen molar-refractivity contribution in [1.29, 1.82) is 0 Å². The summed E-state index contributed by atoms with van der Waals surface area (Å²) in [6.45, 7) is 3.95. The molecule has 3 heteroatoms. The quantitative estimate of drug-likeness (QED) is 0.702. The van der Waals surface area contributed by atoms with Crippen molar-refractivity contribution in [1.82, 2.24) is 4.90 Å². The summed E-state index contributed by atoms with van der Waals surface area (Å²) in [5, 5.41) is 9.12. The van der Waals surface area contributed by atoms with E-state index in [1.807, 2.05) is 0 Å². The fourth-order valence-electron chi connectivity index (χ4n) is 2.73. The van der Waals surface area contributed by atoms with Crippen LogP contribution in [0.25, 0.3) is 0 Å². The molecule has 1 atom stereocenters. The molecule has 0 aromatic carbocycles. The Hall–Kier alpha value is -0.120. The molecule has 1 fully saturated rings. The lowest BCUT2D eigenvalue weighted by Crippen LogP contribution is -2.48. The van der Waals surface area contributed by atoms with E-state index in [1.165, 1.54) is 32.1 Å². The van der Waals surface area contributed by atoms with Gasteiger partial charge in [0.2, 0.25) is 0 Å². The van der Waals surface area contributed by atoms with Crippen molar-refractivity contribution in [3.05, 3.63) is 0 Å². The number of hydrogen-bond acceptors (Lipinski definition) is 3. The highest BCUT2D eigenvalue weighted by atomic mass is 16.3. The molecule has 1 unspecified atom stereocenters. The lowest BCUT2D eigenvalue weighted by Gasteiger charge is -2.39. The van der Waals surface area contributed by atoms with Gasteiger partial charge in [0.25, 0.3) is 0 Å². The van der Waals surface area contributed by atoms with Gasteiger partial charge in [0.1, 0.15) is 0 Å². The molecule has 0 aliphatic heterocycles. The number of aliphatic hydroxyl groups is 1. The van der Waals surface area contributed by atoms with Crippen LogP contribution in [0.4, 0.5) is 0 Å². The molecule has 90 valence electrons. The first-order chi connectivity index (χ1) is 7.33. The Morgan fingerprint density at radius 2 is 2.00 bits per heavy atom. The van der Waals surface area contributed by atoms with Crippen molar-refractivity contribution in [3.63, 3.8) is 0 Å². The van der Waals surface area contributed by atoms with Gasteiger partial charge in [-0.1, -0.05) is 26.2 Å². The third-order valence-corrected chi connectivity index (χ3v) is 3.61. The van der Waals surface area contributed by atoms with E-state index in [1.54, 1.807) is 0 Å². The van der Waals surface area contributed by atoms with E-state index in [4.69, 9.17) is 10.8 Å². The fourth-order valence-corrected chi connectivity index (χ4v) is 2.73. The van der Waals surface area contributed by atoms with Crippen molar-refractivity contribution in [2.75, 3.05) is 19.7 Å². The lowest BCUT2D eigenvalue weighted by molar-refractivity contribution is 0.0813. The largest absolute Gasteiger partial charge is 0.395 e. The standard InChI is InChI=1S/C12H26N2O/c1-2-11(10-13)14(8-9-15)12-6-4-3-5-7-12/h11-12,15H,2-10,13H2,1H3. The summed E-state index contributed by atoms with van der Waals surface area (Å²) in [4.78, 5) is 2.44. The second-order valence-corrected chi connectivity index (χ2v) is 4.55. The molecular formula is C12H26N2O. The van der Waals surface area contributed by atoms with E-state index in [9.17, 15) is 0 Å². The van der Waals surface area contributed by atoms with Gasteiger partial charge in [-0.15, -0.1) is 0 Å². The highest BCUT2D eigenvalue weighted by molar-refractivity contribution is 4.81. The Morgan fingerprint density at radius 1 is 1.33 bits per heavy atom. The van der Waals surface area contributed by atoms with Crippen LogP contribution >= 0.6 is 0 Å². The zero-order chi connectivity index (χ0) is 11.1. The highest BCUT2D eigenvalue weighted by Gasteiger charge is 2.25. The summed E-state index contributed by atoms with van der Waals surface area (Å²) in [7, 11) is 0. The molecule has 1 aliphatic rings. The van der Waals surface area contributed by atoms with Crippen molar-refractivity contribution >= 4 is 0 Å². The van der Waals surface area contributed by atoms with Crippen molar-refractivity contribution in [2.45, 2.75) is 57.5 Å². The molecule has 1 aliphatic carbocycles. The number of nitrogens with two attached hydrogens (primary N) is 1. The number of hydrogen-bond donors (Lipinski definition) is 2. The van der Waals surface area contributed by atoms with Gasteiger partial charge in [-0.2, -0.15) is 0 Å². The maximum absolute atomic E-state index is 9.12. The topological polar surface area (TPSA) is 49.5 Å². The number of nitrogens with zero attached hydrogens (tertiary/aromatic N) is 1. The van der Waals surface area contributed by atoms with Crippen LogP contribution in [-0.2, 0) is 0 Å². The minimum Gasteiger partial charge on any atom is -0.395 e. The van der Waals surface area contributed by atoms with Gasteiger partial charge in [-0.05, 0) is 19.3 Å². The summed E-state index contributed by atoms with van der Waals surface area (Å²) in [5.41, 5.74) is 5.80. The van der Waals surface area contributed by atoms with Gasteiger partial charge in [-0.25, -0.2) is 0 Å². The van der Waals surface area contributed by atoms with Crippen LogP contribution < -0.4 is 5.73 Å². The molecule has 15 heavy (non-hydrogen) atoms. The molecular weight excluding hydrogens is 188 g/mol. The second kappa shape index (κ2) is 7.20. The van der Waals surface area contributed by atoms with Crippen LogP contribution in [0.5, 0.6) is 0 Å². The first kappa shape index (κ1) is 12.9. The van der Waals surface area contributed by atoms with Gasteiger partial charge in [0, 0.05) is 25.2 Å². The summed E-state index contributed by atoms with van der Waals surface area (Å²) in [5.74, 6) is 0. The summed E-state index contributed by atoms with van der Waals surface area (Å²) >= 11 is 0. The van der Waals surface area contributed by atoms with Crippen LogP contribution in [0, 0.1) is 0 Å². The Morgan fingerprint density at radius 3 is 2.47 bits per heavy atom. The van der Waals surface area contributed by atoms with Crippen molar-refractivity contribution in [3.8, 4) is 0 Å². The maximum Gasteiger partial charge on any atom is 0.0558 e. The van der Waals surface area contributed by atoms with Crippen molar-refractivity contribution < 1.29 is 5.11 Å². The SMILES string of the molecule is CCC(CN)N(CCO)C1CCCCC1. The first-order valence-electron chi connectivity index (χ1n) is 6.40. The van der Waals surface area contributed by atoms with Gasteiger partial charge >= 0.3 is 0 Å². The monoisotopic (exact) mass is 214 g/mol. The van der Waals surface area contributed by atoms with Crippen LogP contribution in [0.1, 0.15) is 45.4 Å². The van der Waals surface area contributed by atoms with Crippen LogP contribution in [0.15, 0.2) is 0 Å². The van der Waals surface area contributed by atoms with Gasteiger partial charge < -0.3 is 10.8 Å². The fraction of sp³-hybridized carbons (Fsp3) is 1.00. The van der Waals surface area contributed by atoms with Crippen LogP contribution in [0.2, 0.25) is 0 Å². The average molecular weight is 214 g/mol. The molecule has 0 heterocycles. The molecule has 1 saturated carbocycles. The molecule has 0 radical (unpaired) electrons. The molecule has 0 spiro atoms. The third-order valence-electron chi connectivity index (χ3n) is 3.61. The zero-order valence-corrected chi connectivity index (χ0v) is 9.99. The normalized spacial score (nSPS) is 20.8. The summed E-state index contributed by atoms with van der Waals surface area (Å²) < 4.78 is 0. The zero-order valence-electron chi connectivity index (χ0n) is 9.99. The first-order valence-corrected chi connectivity index (χ1v) is 6.40. The van der Waals surface area contributed by atoms with E-state index < -0.39 is 0 Å². The Balaban J connectivity index is 2.53. The Kier molecular flexibility index (Phi) is 6.22. The van der Waals surface area contributed by atoms with Gasteiger partial charge in [0.05, 0.1) is 6.61 Å². The summed E-state index contributed by atoms with van der Waals surface area (Å²) in [6.07, 6.45) is 7.73. The van der Waals surface area contributed by atoms with E-state index in [0.29, 0.717) is 18.6 Å². The van der Waals surface area contributed by atoms with E-state index in [0.717, 1.165) is 13.0 Å². The predicted octanol–water partition coefficient (Wildman–Crippen LogP) is 1.35. The molecule has 0 bridgehead atoms. The molecule has 1 rings (SSSR count). The summed E-state index contributed by atoms with van der Waals surface area (Å²) in [6, 6.07) is 1.12. The molecule has 3 N–H and O–H groups in total. The smallest absolute Gasteiger partial charge is 0.0558 e. The maximum atomic E-state index is 9.12. The lowest BCUT2D eigenvalue weighted by atomic mass is 9.92. The molecule has 0 aromatic heterocycles. The average Bonchev–Trinajstić information content (AvgIpc) is 2.30. The highest BCUT2D eigenvalue weighted by Crippen LogP contribution is 2.24. The van der Waals surface area contributed by atoms with Crippen LogP contribution in [-0.4, -0.2) is 41.8 Å². The molecule has 3 nitrogen and oxygen atoms in total. The predicted molar refractivity (Wildman–Crippen MR) is 63.8 cm³/mol. The van der Waals surface area contributed by atoms with Crippen LogP contribution in [0.3, 0.4) is 0 Å². The minimum atomic E-state index is 0.257. The van der Waals surface area contributed by atoms with E-state index >= 15 is 0 Å². The molecule has 0 saturated heterocycles. The third kappa shape index (κ3) is 3.74. The number of aliphatic hydroxyl groups excluding tert-OH is 1. The van der Waals surface area contributed by atoms with Gasteiger partial charge in [-0.3, -0.25) is 4.90 Å². The molecule has 0 amide bonds. The second-order valence-electron chi connectivity index (χ2n) is 4.55. The van der Waals surface area contributed by atoms with E-state index in [2.05, 4.69) is 11.8 Å². The Bertz CT molecular complexity index is 154. The molecule has 0 aromatic rings.